The minimum atomic E-state index is -2.67. The zero-order valence-electron chi connectivity index (χ0n) is 21.1. The number of hydrogen-bond donors (Lipinski definition) is 1. The molecule has 2 aromatic rings. The highest BCUT2D eigenvalue weighted by atomic mass is 28.5. The first kappa shape index (κ1) is 24.7. The van der Waals surface area contributed by atoms with Crippen LogP contribution in [0.4, 0.5) is 5.82 Å². The van der Waals surface area contributed by atoms with Crippen LogP contribution in [0.3, 0.4) is 0 Å². The average molecular weight is 494 g/mol. The molecule has 2 saturated heterocycles. The maximum atomic E-state index is 7.24. The lowest BCUT2D eigenvalue weighted by Crippen LogP contribution is -2.65. The molecule has 4 heterocycles. The van der Waals surface area contributed by atoms with Crippen LogP contribution in [0.15, 0.2) is 12.4 Å². The highest BCUT2D eigenvalue weighted by Crippen LogP contribution is 2.48. The van der Waals surface area contributed by atoms with Crippen molar-refractivity contribution in [2.75, 3.05) is 12.3 Å². The van der Waals surface area contributed by atoms with Gasteiger partial charge in [-0.3, -0.25) is 0 Å². The van der Waals surface area contributed by atoms with Crippen molar-refractivity contribution in [2.45, 2.75) is 102 Å². The first-order valence-corrected chi connectivity index (χ1v) is 16.1. The Morgan fingerprint density at radius 3 is 2.21 bits per heavy atom. The van der Waals surface area contributed by atoms with Crippen molar-refractivity contribution in [1.29, 1.82) is 0 Å². The summed E-state index contributed by atoms with van der Waals surface area (Å²) >= 11 is 0. The molecule has 0 unspecified atom stereocenters. The van der Waals surface area contributed by atoms with E-state index in [-0.39, 0.29) is 29.4 Å². The first-order chi connectivity index (χ1) is 15.5. The van der Waals surface area contributed by atoms with Gasteiger partial charge in [0.05, 0.1) is 12.7 Å². The Morgan fingerprint density at radius 2 is 1.61 bits per heavy atom. The van der Waals surface area contributed by atoms with Crippen LogP contribution in [0.25, 0.3) is 5.65 Å². The molecule has 33 heavy (non-hydrogen) atoms. The van der Waals surface area contributed by atoms with E-state index in [1.807, 2.05) is 0 Å². The highest BCUT2D eigenvalue weighted by Gasteiger charge is 2.60. The van der Waals surface area contributed by atoms with E-state index in [0.29, 0.717) is 41.4 Å². The van der Waals surface area contributed by atoms with Crippen LogP contribution in [-0.2, 0) is 17.7 Å². The summed E-state index contributed by atoms with van der Waals surface area (Å²) in [5.41, 5.74) is 7.83. The summed E-state index contributed by atoms with van der Waals surface area (Å²) in [5, 5.41) is 4.60. The fraction of sp³-hybridized carbons (Fsp3) is 0.773. The number of nitrogen functional groups attached to an aromatic ring is 1. The van der Waals surface area contributed by atoms with Gasteiger partial charge in [-0.05, 0) is 22.2 Å². The molecule has 4 rings (SSSR count). The first-order valence-electron chi connectivity index (χ1n) is 12.1. The van der Waals surface area contributed by atoms with E-state index in [1.54, 1.807) is 16.9 Å². The van der Waals surface area contributed by atoms with Gasteiger partial charge in [0, 0.05) is 18.8 Å². The van der Waals surface area contributed by atoms with Gasteiger partial charge in [-0.15, -0.1) is 5.10 Å². The molecule has 2 aromatic heterocycles. The molecule has 9 nitrogen and oxygen atoms in total. The second-order valence-electron chi connectivity index (χ2n) is 10.6. The van der Waals surface area contributed by atoms with Gasteiger partial charge in [0.15, 0.2) is 17.3 Å². The Bertz CT molecular complexity index is 967. The van der Waals surface area contributed by atoms with Crippen molar-refractivity contribution >= 4 is 28.6 Å². The highest BCUT2D eigenvalue weighted by molar-refractivity contribution is 6.83. The zero-order valence-corrected chi connectivity index (χ0v) is 23.1. The van der Waals surface area contributed by atoms with Crippen LogP contribution in [0.5, 0.6) is 0 Å². The fourth-order valence-corrected chi connectivity index (χ4v) is 16.5. The normalized spacial score (nSPS) is 27.5. The van der Waals surface area contributed by atoms with E-state index in [0.717, 1.165) is 0 Å². The summed E-state index contributed by atoms with van der Waals surface area (Å²) in [5.74, 6) is 0.893. The monoisotopic (exact) mass is 493 g/mol. The van der Waals surface area contributed by atoms with Crippen LogP contribution in [0.2, 0.25) is 22.2 Å². The van der Waals surface area contributed by atoms with Crippen LogP contribution in [-0.4, -0.2) is 55.5 Å². The van der Waals surface area contributed by atoms with E-state index >= 15 is 0 Å². The SMILES string of the molecule is CC(C)[Si]1(C(C)C)OC[C@H]2O[C@@H](c3nc(N)c4nccn4n3)C[C@@H]2O[Si](C(C)C)(C(C)C)O1. The number of imidazole rings is 1. The topological polar surface area (TPSA) is 106 Å². The lowest BCUT2D eigenvalue weighted by molar-refractivity contribution is -0.0403. The number of hydrogen-bond acceptors (Lipinski definition) is 8. The molecule has 2 fully saturated rings. The predicted octanol–water partition coefficient (Wildman–Crippen LogP) is 4.49. The fourth-order valence-electron chi connectivity index (χ4n) is 5.32. The van der Waals surface area contributed by atoms with Crippen LogP contribution in [0.1, 0.15) is 73.7 Å². The zero-order chi connectivity index (χ0) is 24.1. The van der Waals surface area contributed by atoms with Crippen molar-refractivity contribution < 1.29 is 17.7 Å². The van der Waals surface area contributed by atoms with E-state index in [9.17, 15) is 0 Å². The molecule has 0 saturated carbocycles. The Kier molecular flexibility index (Phi) is 6.75. The second-order valence-corrected chi connectivity index (χ2v) is 19.4. The van der Waals surface area contributed by atoms with E-state index in [2.05, 4.69) is 70.5 Å². The third-order valence-corrected chi connectivity index (χ3v) is 17.4. The molecule has 184 valence electrons. The number of rotatable bonds is 5. The predicted molar refractivity (Wildman–Crippen MR) is 131 cm³/mol. The summed E-state index contributed by atoms with van der Waals surface area (Å²) in [6, 6.07) is 0. The van der Waals surface area contributed by atoms with Gasteiger partial charge in [-0.1, -0.05) is 55.4 Å². The van der Waals surface area contributed by atoms with Crippen molar-refractivity contribution in [3.63, 3.8) is 0 Å². The van der Waals surface area contributed by atoms with E-state index < -0.39 is 17.1 Å². The average Bonchev–Trinajstić information content (AvgIpc) is 3.34. The lowest BCUT2D eigenvalue weighted by atomic mass is 10.1. The molecule has 11 heteroatoms. The molecular weight excluding hydrogens is 454 g/mol. The standard InChI is InChI=1S/C22H39N5O4Si2/c1-13(2)32(14(3)4)28-12-19-17(30-33(31-32,15(5)6)16(7)8)11-18(29-19)21-25-20(23)22-24-9-10-27(22)26-21/h9-10,13-19H,11-12H2,1-8H3,(H2,23,25,26)/t17-,18+,19+/m0/s1. The maximum absolute atomic E-state index is 7.24. The van der Waals surface area contributed by atoms with Crippen molar-refractivity contribution in [3.8, 4) is 0 Å². The molecule has 2 aliphatic rings. The minimum Gasteiger partial charge on any atom is -0.414 e. The molecular formula is C22H39N5O4Si2. The Balaban J connectivity index is 1.71. The summed E-state index contributed by atoms with van der Waals surface area (Å²) < 4.78 is 29.3. The van der Waals surface area contributed by atoms with Crippen LogP contribution < -0.4 is 5.73 Å². The molecule has 0 bridgehead atoms. The van der Waals surface area contributed by atoms with Crippen molar-refractivity contribution in [3.05, 3.63) is 18.2 Å². The second kappa shape index (κ2) is 9.01. The molecule has 0 aliphatic carbocycles. The quantitative estimate of drug-likeness (QED) is 0.607. The summed E-state index contributed by atoms with van der Waals surface area (Å²) in [6.45, 7) is 18.3. The number of nitrogens with two attached hydrogens (primary N) is 1. The van der Waals surface area contributed by atoms with Gasteiger partial charge in [0.25, 0.3) is 0 Å². The van der Waals surface area contributed by atoms with Crippen molar-refractivity contribution in [2.24, 2.45) is 0 Å². The Hall–Kier alpha value is -1.38. The van der Waals surface area contributed by atoms with Gasteiger partial charge in [0.2, 0.25) is 0 Å². The van der Waals surface area contributed by atoms with E-state index in [1.165, 1.54) is 0 Å². The van der Waals surface area contributed by atoms with E-state index in [4.69, 9.17) is 23.4 Å². The molecule has 0 spiro atoms. The third kappa shape index (κ3) is 4.16. The van der Waals surface area contributed by atoms with Crippen molar-refractivity contribution in [1.82, 2.24) is 19.6 Å². The Morgan fingerprint density at radius 1 is 0.970 bits per heavy atom. The van der Waals surface area contributed by atoms with Crippen LogP contribution in [0, 0.1) is 0 Å². The number of ether oxygens (including phenoxy) is 1. The number of aromatic nitrogens is 4. The summed E-state index contributed by atoms with van der Waals surface area (Å²) in [6.07, 6.45) is 3.41. The van der Waals surface area contributed by atoms with Gasteiger partial charge in [-0.2, -0.15) is 0 Å². The van der Waals surface area contributed by atoms with Gasteiger partial charge in [-0.25, -0.2) is 14.5 Å². The number of nitrogens with zero attached hydrogens (tertiary/aromatic N) is 4. The molecule has 0 amide bonds. The minimum absolute atomic E-state index is 0.138. The molecule has 0 aromatic carbocycles. The maximum Gasteiger partial charge on any atom is 0.335 e. The Labute approximate surface area is 198 Å². The van der Waals surface area contributed by atoms with Crippen LogP contribution >= 0.6 is 0 Å². The molecule has 3 atom stereocenters. The lowest BCUT2D eigenvalue weighted by Gasteiger charge is -2.51. The molecule has 2 N–H and O–H groups in total. The largest absolute Gasteiger partial charge is 0.414 e. The van der Waals surface area contributed by atoms with Gasteiger partial charge in [0.1, 0.15) is 12.2 Å². The summed E-state index contributed by atoms with van der Waals surface area (Å²) in [4.78, 5) is 8.71. The molecule has 0 radical (unpaired) electrons. The van der Waals surface area contributed by atoms with Gasteiger partial charge >= 0.3 is 17.1 Å². The summed E-state index contributed by atoms with van der Waals surface area (Å²) in [7, 11) is -5.25. The number of fused-ring (bicyclic) bond motifs is 2. The third-order valence-electron chi connectivity index (χ3n) is 7.13. The van der Waals surface area contributed by atoms with Gasteiger partial charge < -0.3 is 23.4 Å². The smallest absolute Gasteiger partial charge is 0.335 e. The number of anilines is 1. The molecule has 2 aliphatic heterocycles.